The maximum atomic E-state index is 13.7. The maximum absolute atomic E-state index is 13.7. The van der Waals surface area contributed by atoms with Crippen molar-refractivity contribution in [3.63, 3.8) is 0 Å². The monoisotopic (exact) mass is 517 g/mol. The first-order valence-electron chi connectivity index (χ1n) is 12.0. The van der Waals surface area contributed by atoms with Gasteiger partial charge in [-0.3, -0.25) is 10.1 Å². The molecule has 0 bridgehead atoms. The Morgan fingerprint density at radius 2 is 1.68 bits per heavy atom. The number of methoxy groups -OCH3 is 1. The molecule has 1 aliphatic carbocycles. The van der Waals surface area contributed by atoms with Crippen molar-refractivity contribution in [1.29, 1.82) is 0 Å². The first-order chi connectivity index (χ1) is 17.9. The molecule has 188 valence electrons. The van der Waals surface area contributed by atoms with E-state index in [1.807, 2.05) is 6.08 Å². The number of allylic oxidation sites excluding steroid dienone is 1. The molecule has 2 aliphatic rings. The summed E-state index contributed by atoms with van der Waals surface area (Å²) in [6.07, 6.45) is 4.65. The molecule has 8 heteroatoms. The number of hydrogen-bond acceptors (Lipinski definition) is 4. The van der Waals surface area contributed by atoms with E-state index in [0.717, 1.165) is 41.7 Å². The Labute approximate surface area is 219 Å². The number of thiocarbonyl (C=S) groups is 1. The zero-order valence-electron chi connectivity index (χ0n) is 20.2. The second-order valence-corrected chi connectivity index (χ2v) is 9.42. The molecule has 37 heavy (non-hydrogen) atoms. The first-order valence-corrected chi connectivity index (χ1v) is 12.4. The number of hydrazone groups is 1. The lowest BCUT2D eigenvalue weighted by atomic mass is 9.77. The van der Waals surface area contributed by atoms with Crippen molar-refractivity contribution in [2.45, 2.75) is 25.3 Å². The molecule has 1 saturated carbocycles. The van der Waals surface area contributed by atoms with E-state index in [0.29, 0.717) is 11.3 Å². The van der Waals surface area contributed by atoms with Crippen molar-refractivity contribution in [3.8, 4) is 5.75 Å². The molecule has 1 heterocycles. The molecule has 2 atom stereocenters. The lowest BCUT2D eigenvalue weighted by molar-refractivity contribution is 0.0971. The maximum Gasteiger partial charge on any atom is 0.257 e. The molecule has 3 aromatic carbocycles. The van der Waals surface area contributed by atoms with Crippen LogP contribution in [0.5, 0.6) is 5.75 Å². The fourth-order valence-corrected chi connectivity index (χ4v) is 5.14. The van der Waals surface area contributed by atoms with Gasteiger partial charge in [-0.15, -0.1) is 0 Å². The Hall–Kier alpha value is -3.91. The van der Waals surface area contributed by atoms with Crippen LogP contribution in [0.3, 0.4) is 0 Å². The van der Waals surface area contributed by atoms with Gasteiger partial charge in [0.2, 0.25) is 0 Å². The number of amides is 1. The third-order valence-corrected chi connectivity index (χ3v) is 6.99. The van der Waals surface area contributed by atoms with Crippen LogP contribution in [0.2, 0.25) is 0 Å². The van der Waals surface area contributed by atoms with Crippen molar-refractivity contribution in [2.24, 2.45) is 11.0 Å². The van der Waals surface area contributed by atoms with E-state index in [1.54, 1.807) is 60.6 Å². The number of nitrogens with zero attached hydrogens (tertiary/aromatic N) is 2. The van der Waals surface area contributed by atoms with E-state index in [4.69, 9.17) is 22.1 Å². The van der Waals surface area contributed by atoms with Crippen LogP contribution in [0, 0.1) is 17.6 Å². The second-order valence-electron chi connectivity index (χ2n) is 9.03. The van der Waals surface area contributed by atoms with Gasteiger partial charge in [0.05, 0.1) is 18.9 Å². The van der Waals surface area contributed by atoms with Crippen LogP contribution >= 0.6 is 12.2 Å². The van der Waals surface area contributed by atoms with Crippen LogP contribution in [-0.4, -0.2) is 28.9 Å². The highest BCUT2D eigenvalue weighted by molar-refractivity contribution is 7.80. The highest BCUT2D eigenvalue weighted by Gasteiger charge is 2.43. The Morgan fingerprint density at radius 1 is 1.03 bits per heavy atom. The minimum atomic E-state index is -0.359. The average molecular weight is 518 g/mol. The molecule has 1 fully saturated rings. The standard InChI is InChI=1S/C29H25F2N3O2S/c1-36-24-15-9-20(10-16-24)28(35)32-29(37)34-27(19-7-13-23(31)14-8-19)25-4-2-3-21(26(25)33-34)17-18-5-11-22(30)12-6-18/h5-17,25,27H,2-4H2,1H3,(H,32,35,37)/b21-17-/t25-,27+/m1/s1. The summed E-state index contributed by atoms with van der Waals surface area (Å²) >= 11 is 5.67. The summed E-state index contributed by atoms with van der Waals surface area (Å²) in [6.45, 7) is 0. The lowest BCUT2D eigenvalue weighted by Crippen LogP contribution is -2.41. The van der Waals surface area contributed by atoms with Gasteiger partial charge in [-0.25, -0.2) is 13.8 Å². The van der Waals surface area contributed by atoms with Gasteiger partial charge in [-0.1, -0.05) is 24.3 Å². The highest BCUT2D eigenvalue weighted by atomic mass is 32.1. The number of ether oxygens (including phenoxy) is 1. The van der Waals surface area contributed by atoms with E-state index >= 15 is 0 Å². The molecule has 1 aliphatic heterocycles. The molecule has 0 saturated heterocycles. The topological polar surface area (TPSA) is 53.9 Å². The normalized spacial score (nSPS) is 19.8. The Kier molecular flexibility index (Phi) is 7.10. The summed E-state index contributed by atoms with van der Waals surface area (Å²) in [5, 5.41) is 9.53. The quantitative estimate of drug-likeness (QED) is 0.414. The van der Waals surface area contributed by atoms with E-state index in [2.05, 4.69) is 5.32 Å². The van der Waals surface area contributed by atoms with Crippen LogP contribution in [0.4, 0.5) is 8.78 Å². The molecule has 0 aromatic heterocycles. The highest BCUT2D eigenvalue weighted by Crippen LogP contribution is 2.44. The van der Waals surface area contributed by atoms with Gasteiger partial charge in [0, 0.05) is 11.5 Å². The van der Waals surface area contributed by atoms with Gasteiger partial charge in [-0.2, -0.15) is 5.10 Å². The predicted octanol–water partition coefficient (Wildman–Crippen LogP) is 6.28. The van der Waals surface area contributed by atoms with Crippen molar-refractivity contribution < 1.29 is 18.3 Å². The number of carbonyl (C=O) groups is 1. The minimum absolute atomic E-state index is 0.00162. The lowest BCUT2D eigenvalue weighted by Gasteiger charge is -2.30. The van der Waals surface area contributed by atoms with E-state index in [1.165, 1.54) is 24.3 Å². The van der Waals surface area contributed by atoms with Crippen molar-refractivity contribution in [2.75, 3.05) is 7.11 Å². The molecule has 5 rings (SSSR count). The third-order valence-electron chi connectivity index (χ3n) is 6.70. The average Bonchev–Trinajstić information content (AvgIpc) is 3.31. The molecule has 0 radical (unpaired) electrons. The van der Waals surface area contributed by atoms with Crippen molar-refractivity contribution in [3.05, 3.63) is 107 Å². The summed E-state index contributed by atoms with van der Waals surface area (Å²) in [6, 6.07) is 19.1. The van der Waals surface area contributed by atoms with Crippen LogP contribution in [-0.2, 0) is 0 Å². The molecule has 3 aromatic rings. The number of halogens is 2. The summed E-state index contributed by atoms with van der Waals surface area (Å²) in [5.74, 6) is -0.330. The number of carbonyl (C=O) groups excluding carboxylic acids is 1. The van der Waals surface area contributed by atoms with E-state index in [-0.39, 0.29) is 34.6 Å². The van der Waals surface area contributed by atoms with Gasteiger partial charge < -0.3 is 4.74 Å². The molecule has 0 unspecified atom stereocenters. The van der Waals surface area contributed by atoms with E-state index < -0.39 is 0 Å². The Morgan fingerprint density at radius 3 is 2.32 bits per heavy atom. The number of nitrogens with one attached hydrogen (secondary N) is 1. The first kappa shape index (κ1) is 24.8. The van der Waals surface area contributed by atoms with E-state index in [9.17, 15) is 13.6 Å². The summed E-state index contributed by atoms with van der Waals surface area (Å²) in [4.78, 5) is 12.9. The smallest absolute Gasteiger partial charge is 0.257 e. The van der Waals surface area contributed by atoms with Gasteiger partial charge in [0.25, 0.3) is 5.91 Å². The second kappa shape index (κ2) is 10.6. The molecular formula is C29H25F2N3O2S. The number of rotatable bonds is 4. The molecule has 1 N–H and O–H groups in total. The summed E-state index contributed by atoms with van der Waals surface area (Å²) in [7, 11) is 1.56. The van der Waals surface area contributed by atoms with Gasteiger partial charge in [0.1, 0.15) is 17.4 Å². The summed E-state index contributed by atoms with van der Waals surface area (Å²) in [5.41, 5.74) is 4.09. The van der Waals surface area contributed by atoms with Crippen LogP contribution in [0.1, 0.15) is 46.8 Å². The largest absolute Gasteiger partial charge is 0.497 e. The fraction of sp³-hybridized carbons (Fsp3) is 0.207. The molecular weight excluding hydrogens is 492 g/mol. The van der Waals surface area contributed by atoms with Crippen LogP contribution < -0.4 is 10.1 Å². The number of hydrogen-bond donors (Lipinski definition) is 1. The molecule has 5 nitrogen and oxygen atoms in total. The van der Waals surface area contributed by atoms with Gasteiger partial charge in [-0.05, 0) is 103 Å². The zero-order chi connectivity index (χ0) is 25.9. The number of benzene rings is 3. The van der Waals surface area contributed by atoms with Crippen molar-refractivity contribution >= 4 is 35.0 Å². The Bertz CT molecular complexity index is 1370. The van der Waals surface area contributed by atoms with Crippen molar-refractivity contribution in [1.82, 2.24) is 10.3 Å². The molecule has 1 amide bonds. The molecule has 0 spiro atoms. The minimum Gasteiger partial charge on any atom is -0.497 e. The zero-order valence-corrected chi connectivity index (χ0v) is 21.0. The predicted molar refractivity (Wildman–Crippen MR) is 143 cm³/mol. The van der Waals surface area contributed by atoms with Gasteiger partial charge >= 0.3 is 0 Å². The Balaban J connectivity index is 1.47. The fourth-order valence-electron chi connectivity index (χ4n) is 4.89. The van der Waals surface area contributed by atoms with Crippen LogP contribution in [0.25, 0.3) is 6.08 Å². The SMILES string of the molecule is COc1ccc(C(=O)NC(=S)N2N=C3/C(=C\c4ccc(F)cc4)CCC[C@H]3[C@@H]2c2ccc(F)cc2)cc1. The van der Waals surface area contributed by atoms with Gasteiger partial charge in [0.15, 0.2) is 5.11 Å². The third kappa shape index (κ3) is 5.29. The number of fused-ring (bicyclic) bond motifs is 1. The summed E-state index contributed by atoms with van der Waals surface area (Å²) < 4.78 is 32.3. The van der Waals surface area contributed by atoms with Crippen LogP contribution in [0.15, 0.2) is 83.5 Å².